The van der Waals surface area contributed by atoms with Crippen LogP contribution in [0, 0.1) is 0 Å². The van der Waals surface area contributed by atoms with Gasteiger partial charge in [0, 0.05) is 26.2 Å². The number of halogens is 1. The molecule has 6 nitrogen and oxygen atoms in total. The molecule has 2 atom stereocenters. The molecule has 2 aliphatic heterocycles. The molecule has 2 fully saturated rings. The zero-order valence-corrected chi connectivity index (χ0v) is 13.8. The normalized spacial score (nSPS) is 32.3. The number of rotatable bonds is 4. The molecular weight excluding hydrogens is 359 g/mol. The number of nitrogens with two attached hydrogens (primary N) is 1. The first-order chi connectivity index (χ1) is 8.57. The number of guanidine groups is 1. The van der Waals surface area contributed by atoms with Crippen molar-refractivity contribution in [1.82, 2.24) is 10.2 Å². The zero-order valence-electron chi connectivity index (χ0n) is 11.5. The Balaban J connectivity index is 0.00000180. The SMILES string of the molecule is CN1CCC(O)(CN=C(N)NCC2CCCO2)C1.I. The third kappa shape index (κ3) is 5.41. The number of hydrogen-bond acceptors (Lipinski definition) is 4. The summed E-state index contributed by atoms with van der Waals surface area (Å²) in [7, 11) is 2.00. The summed E-state index contributed by atoms with van der Waals surface area (Å²) in [6.45, 7) is 3.48. The van der Waals surface area contributed by atoms with E-state index in [2.05, 4.69) is 15.2 Å². The molecule has 0 aliphatic carbocycles. The Morgan fingerprint density at radius 1 is 1.63 bits per heavy atom. The summed E-state index contributed by atoms with van der Waals surface area (Å²) in [6.07, 6.45) is 3.20. The Kier molecular flexibility index (Phi) is 6.78. The van der Waals surface area contributed by atoms with E-state index >= 15 is 0 Å². The van der Waals surface area contributed by atoms with Gasteiger partial charge < -0.3 is 25.8 Å². The quantitative estimate of drug-likeness (QED) is 0.354. The number of nitrogens with one attached hydrogen (secondary N) is 1. The second-order valence-electron chi connectivity index (χ2n) is 5.43. The Morgan fingerprint density at radius 2 is 2.42 bits per heavy atom. The monoisotopic (exact) mass is 384 g/mol. The van der Waals surface area contributed by atoms with Crippen LogP contribution in [0.15, 0.2) is 4.99 Å². The average molecular weight is 384 g/mol. The van der Waals surface area contributed by atoms with Gasteiger partial charge >= 0.3 is 0 Å². The molecule has 2 heterocycles. The zero-order chi connectivity index (χ0) is 13.0. The molecule has 7 heteroatoms. The van der Waals surface area contributed by atoms with Crippen LogP contribution < -0.4 is 11.1 Å². The van der Waals surface area contributed by atoms with Gasteiger partial charge in [-0.1, -0.05) is 0 Å². The third-order valence-electron chi connectivity index (χ3n) is 3.60. The molecule has 0 amide bonds. The number of aliphatic hydroxyl groups is 1. The van der Waals surface area contributed by atoms with Crippen LogP contribution in [0.3, 0.4) is 0 Å². The van der Waals surface area contributed by atoms with Crippen LogP contribution in [0.2, 0.25) is 0 Å². The second kappa shape index (κ2) is 7.61. The molecule has 19 heavy (non-hydrogen) atoms. The smallest absolute Gasteiger partial charge is 0.188 e. The Labute approximate surface area is 131 Å². The first-order valence-corrected chi connectivity index (χ1v) is 6.64. The van der Waals surface area contributed by atoms with Gasteiger partial charge in [0.1, 0.15) is 0 Å². The lowest BCUT2D eigenvalue weighted by atomic mass is 10.0. The second-order valence-corrected chi connectivity index (χ2v) is 5.43. The van der Waals surface area contributed by atoms with Crippen LogP contribution in [0.4, 0.5) is 0 Å². The number of likely N-dealkylation sites (tertiary alicyclic amines) is 1. The van der Waals surface area contributed by atoms with E-state index in [9.17, 15) is 5.11 Å². The lowest BCUT2D eigenvalue weighted by Gasteiger charge is -2.20. The molecule has 2 unspecified atom stereocenters. The average Bonchev–Trinajstić information content (AvgIpc) is 2.95. The van der Waals surface area contributed by atoms with Crippen molar-refractivity contribution in [3.63, 3.8) is 0 Å². The molecule has 0 radical (unpaired) electrons. The van der Waals surface area contributed by atoms with Crippen LogP contribution in [-0.2, 0) is 4.74 Å². The molecule has 0 saturated carbocycles. The first-order valence-electron chi connectivity index (χ1n) is 6.64. The maximum atomic E-state index is 10.2. The fraction of sp³-hybridized carbons (Fsp3) is 0.917. The van der Waals surface area contributed by atoms with Crippen LogP contribution in [0.25, 0.3) is 0 Å². The molecule has 2 saturated heterocycles. The molecule has 112 valence electrons. The molecule has 0 spiro atoms. The Morgan fingerprint density at radius 3 is 3.00 bits per heavy atom. The van der Waals surface area contributed by atoms with Gasteiger partial charge in [0.05, 0.1) is 18.2 Å². The minimum atomic E-state index is -0.717. The Bertz CT molecular complexity index is 310. The predicted molar refractivity (Wildman–Crippen MR) is 85.9 cm³/mol. The van der Waals surface area contributed by atoms with E-state index in [1.54, 1.807) is 0 Å². The number of β-amino-alcohol motifs (C(OH)–C–C–N with tert-alkyl or cyclic N) is 1. The molecule has 2 aliphatic rings. The van der Waals surface area contributed by atoms with Gasteiger partial charge in [-0.3, -0.25) is 4.99 Å². The highest BCUT2D eigenvalue weighted by atomic mass is 127. The van der Waals surface area contributed by atoms with Gasteiger partial charge in [-0.25, -0.2) is 0 Å². The van der Waals surface area contributed by atoms with Gasteiger partial charge in [-0.2, -0.15) is 0 Å². The predicted octanol–water partition coefficient (Wildman–Crippen LogP) is -0.246. The van der Waals surface area contributed by atoms with Crippen molar-refractivity contribution < 1.29 is 9.84 Å². The highest BCUT2D eigenvalue weighted by Crippen LogP contribution is 2.19. The van der Waals surface area contributed by atoms with Gasteiger partial charge in [0.15, 0.2) is 5.96 Å². The minimum Gasteiger partial charge on any atom is -0.387 e. The van der Waals surface area contributed by atoms with Gasteiger partial charge in [0.25, 0.3) is 0 Å². The van der Waals surface area contributed by atoms with Crippen LogP contribution in [-0.4, -0.2) is 67.5 Å². The topological polar surface area (TPSA) is 83.1 Å². The van der Waals surface area contributed by atoms with Gasteiger partial charge in [0.2, 0.25) is 0 Å². The van der Waals surface area contributed by atoms with Crippen LogP contribution in [0.5, 0.6) is 0 Å². The highest BCUT2D eigenvalue weighted by molar-refractivity contribution is 14.0. The van der Waals surface area contributed by atoms with Crippen molar-refractivity contribution >= 4 is 29.9 Å². The number of ether oxygens (including phenoxy) is 1. The summed E-state index contributed by atoms with van der Waals surface area (Å²) in [5.74, 6) is 0.397. The lowest BCUT2D eigenvalue weighted by molar-refractivity contribution is 0.0614. The Hall–Kier alpha value is -0.120. The van der Waals surface area contributed by atoms with Crippen LogP contribution in [0.1, 0.15) is 19.3 Å². The summed E-state index contributed by atoms with van der Waals surface area (Å²) in [4.78, 5) is 6.33. The summed E-state index contributed by atoms with van der Waals surface area (Å²) >= 11 is 0. The van der Waals surface area contributed by atoms with Crippen LogP contribution >= 0.6 is 24.0 Å². The fourth-order valence-corrected chi connectivity index (χ4v) is 2.50. The summed E-state index contributed by atoms with van der Waals surface area (Å²) in [6, 6.07) is 0. The molecule has 0 aromatic carbocycles. The standard InChI is InChI=1S/C12H24N4O2.HI/c1-16-5-4-12(17,9-16)8-15-11(13)14-7-10-3-2-6-18-10;/h10,17H,2-9H2,1H3,(H3,13,14,15);1H. The molecule has 2 rings (SSSR count). The van der Waals surface area contributed by atoms with Crippen molar-refractivity contribution in [2.24, 2.45) is 10.7 Å². The van der Waals surface area contributed by atoms with E-state index in [4.69, 9.17) is 10.5 Å². The lowest BCUT2D eigenvalue weighted by Crippen LogP contribution is -2.40. The van der Waals surface area contributed by atoms with E-state index in [1.165, 1.54) is 0 Å². The van der Waals surface area contributed by atoms with E-state index in [0.29, 0.717) is 25.6 Å². The molecule has 0 aromatic heterocycles. The molecular formula is C12H25IN4O2. The number of hydrogen-bond donors (Lipinski definition) is 3. The van der Waals surface area contributed by atoms with E-state index in [-0.39, 0.29) is 30.1 Å². The third-order valence-corrected chi connectivity index (χ3v) is 3.60. The summed E-state index contributed by atoms with van der Waals surface area (Å²) in [5, 5.41) is 13.3. The van der Waals surface area contributed by atoms with Gasteiger partial charge in [-0.05, 0) is 26.3 Å². The van der Waals surface area contributed by atoms with E-state index in [0.717, 1.165) is 32.4 Å². The maximum absolute atomic E-state index is 10.2. The summed E-state index contributed by atoms with van der Waals surface area (Å²) < 4.78 is 5.49. The van der Waals surface area contributed by atoms with Crippen molar-refractivity contribution in [2.75, 3.05) is 39.8 Å². The largest absolute Gasteiger partial charge is 0.387 e. The van der Waals surface area contributed by atoms with Gasteiger partial charge in [-0.15, -0.1) is 24.0 Å². The molecule has 4 N–H and O–H groups in total. The molecule has 0 bridgehead atoms. The van der Waals surface area contributed by atoms with E-state index in [1.807, 2.05) is 7.05 Å². The van der Waals surface area contributed by atoms with Crippen molar-refractivity contribution in [3.8, 4) is 0 Å². The highest BCUT2D eigenvalue weighted by Gasteiger charge is 2.34. The van der Waals surface area contributed by atoms with E-state index < -0.39 is 5.60 Å². The number of likely N-dealkylation sites (N-methyl/N-ethyl adjacent to an activating group) is 1. The molecule has 0 aromatic rings. The number of aliphatic imine (C=N–C) groups is 1. The fourth-order valence-electron chi connectivity index (χ4n) is 2.50. The minimum absolute atomic E-state index is 0. The summed E-state index contributed by atoms with van der Waals surface area (Å²) in [5.41, 5.74) is 5.06. The first kappa shape index (κ1) is 16.9. The number of nitrogens with zero attached hydrogens (tertiary/aromatic N) is 2. The van der Waals surface area contributed by atoms with Crippen molar-refractivity contribution in [3.05, 3.63) is 0 Å². The van der Waals surface area contributed by atoms with Crippen molar-refractivity contribution in [1.29, 1.82) is 0 Å². The van der Waals surface area contributed by atoms with Crippen molar-refractivity contribution in [2.45, 2.75) is 31.0 Å². The maximum Gasteiger partial charge on any atom is 0.188 e.